The first-order valence-electron chi connectivity index (χ1n) is 9.61. The van der Waals surface area contributed by atoms with Crippen molar-refractivity contribution in [3.8, 4) is 0 Å². The predicted molar refractivity (Wildman–Crippen MR) is 101 cm³/mol. The van der Waals surface area contributed by atoms with Crippen molar-refractivity contribution in [2.45, 2.75) is 90.0 Å². The lowest BCUT2D eigenvalue weighted by Crippen LogP contribution is -2.43. The van der Waals surface area contributed by atoms with Gasteiger partial charge in [-0.2, -0.15) is 0 Å². The average molecular weight is 320 g/mol. The van der Waals surface area contributed by atoms with Crippen LogP contribution in [0, 0.1) is 0 Å². The van der Waals surface area contributed by atoms with Gasteiger partial charge in [-0.1, -0.05) is 76.6 Å². The molecule has 0 spiro atoms. The Morgan fingerprint density at radius 3 is 1.87 bits per heavy atom. The van der Waals surface area contributed by atoms with Gasteiger partial charge in [-0.3, -0.25) is 0 Å². The van der Waals surface area contributed by atoms with E-state index in [0.29, 0.717) is 0 Å². The van der Waals surface area contributed by atoms with Crippen LogP contribution in [0.3, 0.4) is 0 Å². The van der Waals surface area contributed by atoms with Gasteiger partial charge in [0.2, 0.25) is 0 Å². The highest BCUT2D eigenvalue weighted by Gasteiger charge is 2.20. The largest absolute Gasteiger partial charge is 0.394 e. The molecule has 23 heavy (non-hydrogen) atoms. The van der Waals surface area contributed by atoms with Crippen LogP contribution in [0.4, 0.5) is 0 Å². The third-order valence-corrected chi connectivity index (χ3v) is 5.02. The van der Waals surface area contributed by atoms with E-state index in [1.165, 1.54) is 62.5 Å². The van der Waals surface area contributed by atoms with Gasteiger partial charge in [-0.05, 0) is 43.2 Å². The minimum absolute atomic E-state index is 0.0693. The number of aliphatic hydroxyl groups is 1. The first kappa shape index (κ1) is 20.2. The first-order valence-corrected chi connectivity index (χ1v) is 9.61. The van der Waals surface area contributed by atoms with Crippen molar-refractivity contribution in [1.29, 1.82) is 0 Å². The lowest BCUT2D eigenvalue weighted by atomic mass is 9.90. The standard InChI is InChI=1S/C21H37NO/c1-3-5-6-7-8-9-10-11-19-12-14-20(15-13-19)16-17-21(22,4-2)18-23/h12-15,23H,3-11,16-18,22H2,1-2H3. The molecule has 0 bridgehead atoms. The van der Waals surface area contributed by atoms with Gasteiger partial charge < -0.3 is 10.8 Å². The number of unbranched alkanes of at least 4 members (excludes halogenated alkanes) is 6. The van der Waals surface area contributed by atoms with Crippen LogP contribution < -0.4 is 5.73 Å². The molecule has 2 heteroatoms. The molecule has 132 valence electrons. The second kappa shape index (κ2) is 11.6. The molecule has 0 saturated carbocycles. The zero-order valence-corrected chi connectivity index (χ0v) is 15.3. The quantitative estimate of drug-likeness (QED) is 0.502. The number of aliphatic hydroxyl groups excluding tert-OH is 1. The van der Waals surface area contributed by atoms with Gasteiger partial charge in [-0.15, -0.1) is 0 Å². The van der Waals surface area contributed by atoms with Crippen molar-refractivity contribution in [3.05, 3.63) is 35.4 Å². The molecule has 1 aromatic carbocycles. The highest BCUT2D eigenvalue weighted by molar-refractivity contribution is 5.23. The minimum Gasteiger partial charge on any atom is -0.394 e. The number of hydrogen-bond acceptors (Lipinski definition) is 2. The number of benzene rings is 1. The van der Waals surface area contributed by atoms with E-state index in [4.69, 9.17) is 5.73 Å². The molecule has 0 aromatic heterocycles. The summed E-state index contributed by atoms with van der Waals surface area (Å²) in [5.74, 6) is 0. The molecule has 1 unspecified atom stereocenters. The summed E-state index contributed by atoms with van der Waals surface area (Å²) in [4.78, 5) is 0. The SMILES string of the molecule is CCCCCCCCCc1ccc(CCC(N)(CC)CO)cc1. The normalized spacial score (nSPS) is 13.9. The molecule has 0 aliphatic rings. The second-order valence-corrected chi connectivity index (χ2v) is 7.06. The Labute approximate surface area is 143 Å². The van der Waals surface area contributed by atoms with Gasteiger partial charge in [0.15, 0.2) is 0 Å². The molecule has 1 rings (SSSR count). The summed E-state index contributed by atoms with van der Waals surface area (Å²) in [7, 11) is 0. The molecule has 2 nitrogen and oxygen atoms in total. The lowest BCUT2D eigenvalue weighted by molar-refractivity contribution is 0.183. The van der Waals surface area contributed by atoms with Crippen LogP contribution in [0.1, 0.15) is 82.8 Å². The number of hydrogen-bond donors (Lipinski definition) is 2. The van der Waals surface area contributed by atoms with Crippen LogP contribution in [0.5, 0.6) is 0 Å². The van der Waals surface area contributed by atoms with Crippen molar-refractivity contribution in [1.82, 2.24) is 0 Å². The third kappa shape index (κ3) is 8.53. The van der Waals surface area contributed by atoms with Crippen LogP contribution in [0.15, 0.2) is 24.3 Å². The molecule has 0 radical (unpaired) electrons. The minimum atomic E-state index is -0.420. The van der Waals surface area contributed by atoms with Crippen molar-refractivity contribution in [3.63, 3.8) is 0 Å². The summed E-state index contributed by atoms with van der Waals surface area (Å²) in [6.07, 6.45) is 13.4. The molecule has 3 N–H and O–H groups in total. The van der Waals surface area contributed by atoms with E-state index < -0.39 is 5.54 Å². The van der Waals surface area contributed by atoms with Gasteiger partial charge >= 0.3 is 0 Å². The molecule has 1 aromatic rings. The Hall–Kier alpha value is -0.860. The molecule has 0 aliphatic carbocycles. The molecule has 0 saturated heterocycles. The topological polar surface area (TPSA) is 46.2 Å². The zero-order valence-electron chi connectivity index (χ0n) is 15.3. The molecule has 0 aliphatic heterocycles. The maximum Gasteiger partial charge on any atom is 0.0611 e. The van der Waals surface area contributed by atoms with E-state index in [9.17, 15) is 5.11 Å². The van der Waals surface area contributed by atoms with Crippen molar-refractivity contribution in [2.24, 2.45) is 5.73 Å². The van der Waals surface area contributed by atoms with Gasteiger partial charge in [0.05, 0.1) is 6.61 Å². The summed E-state index contributed by atoms with van der Waals surface area (Å²) in [5.41, 5.74) is 8.50. The van der Waals surface area contributed by atoms with Crippen molar-refractivity contribution in [2.75, 3.05) is 6.61 Å². The van der Waals surface area contributed by atoms with Crippen LogP contribution in [-0.2, 0) is 12.8 Å². The number of rotatable bonds is 13. The monoisotopic (exact) mass is 319 g/mol. The van der Waals surface area contributed by atoms with Crippen LogP contribution in [0.25, 0.3) is 0 Å². The molecule has 0 heterocycles. The lowest BCUT2D eigenvalue weighted by Gasteiger charge is -2.25. The van der Waals surface area contributed by atoms with E-state index in [1.807, 2.05) is 6.92 Å². The Balaban J connectivity index is 2.23. The van der Waals surface area contributed by atoms with Gasteiger partial charge in [-0.25, -0.2) is 0 Å². The predicted octanol–water partition coefficient (Wildman–Crippen LogP) is 5.01. The Bertz CT molecular complexity index is 395. The summed E-state index contributed by atoms with van der Waals surface area (Å²) >= 11 is 0. The van der Waals surface area contributed by atoms with Gasteiger partial charge in [0.1, 0.15) is 0 Å². The second-order valence-electron chi connectivity index (χ2n) is 7.06. The maximum atomic E-state index is 9.37. The molecule has 1 atom stereocenters. The van der Waals surface area contributed by atoms with E-state index in [0.717, 1.165) is 19.3 Å². The fourth-order valence-corrected chi connectivity index (χ4v) is 2.92. The average Bonchev–Trinajstić information content (AvgIpc) is 2.60. The van der Waals surface area contributed by atoms with E-state index in [1.54, 1.807) is 0 Å². The maximum absolute atomic E-state index is 9.37. The van der Waals surface area contributed by atoms with Crippen LogP contribution in [0.2, 0.25) is 0 Å². The third-order valence-electron chi connectivity index (χ3n) is 5.02. The van der Waals surface area contributed by atoms with Crippen LogP contribution >= 0.6 is 0 Å². The fourth-order valence-electron chi connectivity index (χ4n) is 2.92. The zero-order chi connectivity index (χ0) is 17.0. The highest BCUT2D eigenvalue weighted by atomic mass is 16.3. The van der Waals surface area contributed by atoms with Crippen LogP contribution in [-0.4, -0.2) is 17.3 Å². The molecule has 0 fully saturated rings. The van der Waals surface area contributed by atoms with Crippen molar-refractivity contribution >= 4 is 0 Å². The molecular formula is C21H37NO. The Kier molecular flexibility index (Phi) is 10.2. The van der Waals surface area contributed by atoms with E-state index in [-0.39, 0.29) is 6.61 Å². The highest BCUT2D eigenvalue weighted by Crippen LogP contribution is 2.17. The van der Waals surface area contributed by atoms with Crippen molar-refractivity contribution < 1.29 is 5.11 Å². The summed E-state index contributed by atoms with van der Waals surface area (Å²) in [6, 6.07) is 8.97. The molecular weight excluding hydrogens is 282 g/mol. The fraction of sp³-hybridized carbons (Fsp3) is 0.714. The summed E-state index contributed by atoms with van der Waals surface area (Å²) in [5, 5.41) is 9.37. The molecule has 0 amide bonds. The smallest absolute Gasteiger partial charge is 0.0611 e. The number of aryl methyl sites for hydroxylation is 2. The van der Waals surface area contributed by atoms with Gasteiger partial charge in [0, 0.05) is 5.54 Å². The summed E-state index contributed by atoms with van der Waals surface area (Å²) < 4.78 is 0. The Morgan fingerprint density at radius 1 is 0.826 bits per heavy atom. The first-order chi connectivity index (χ1) is 11.1. The summed E-state index contributed by atoms with van der Waals surface area (Å²) in [6.45, 7) is 4.38. The van der Waals surface area contributed by atoms with Gasteiger partial charge in [0.25, 0.3) is 0 Å². The van der Waals surface area contributed by atoms with E-state index in [2.05, 4.69) is 31.2 Å². The van der Waals surface area contributed by atoms with E-state index >= 15 is 0 Å². The Morgan fingerprint density at radius 2 is 1.35 bits per heavy atom. The number of nitrogens with two attached hydrogens (primary N) is 1.